The van der Waals surface area contributed by atoms with Crippen molar-refractivity contribution in [3.63, 3.8) is 0 Å². The van der Waals surface area contributed by atoms with Crippen molar-refractivity contribution in [2.24, 2.45) is 11.8 Å². The highest BCUT2D eigenvalue weighted by Gasteiger charge is 2.49. The van der Waals surface area contributed by atoms with Crippen LogP contribution in [-0.4, -0.2) is 13.9 Å². The molecule has 0 aromatic rings. The number of rotatable bonds is 3. The summed E-state index contributed by atoms with van der Waals surface area (Å²) < 4.78 is 62.8. The summed E-state index contributed by atoms with van der Waals surface area (Å²) in [5.41, 5.74) is -3.98. The highest BCUT2D eigenvalue weighted by atomic mass is 32.2. The molecule has 0 aromatic carbocycles. The minimum Gasteiger partial charge on any atom is -0.381 e. The molecule has 2 rings (SSSR count). The lowest BCUT2D eigenvalue weighted by Gasteiger charge is -2.31. The molecule has 0 saturated heterocycles. The highest BCUT2D eigenvalue weighted by Crippen LogP contribution is 2.38. The predicted molar refractivity (Wildman–Crippen MR) is 72.6 cm³/mol. The number of halogens is 3. The van der Waals surface area contributed by atoms with E-state index in [4.69, 9.17) is 0 Å². The van der Waals surface area contributed by atoms with Gasteiger partial charge in [-0.3, -0.25) is 0 Å². The summed E-state index contributed by atoms with van der Waals surface area (Å²) in [5.74, 6) is 0.854. The first kappa shape index (κ1) is 16.4. The van der Waals surface area contributed by atoms with E-state index in [-0.39, 0.29) is 12.2 Å². The van der Waals surface area contributed by atoms with Gasteiger partial charge in [0.1, 0.15) is 5.76 Å². The SMILES string of the molecule is CC1=CCC(C2CC=C(OS(=O)(=O)C(F)(F)F)CC2)CC1. The van der Waals surface area contributed by atoms with Crippen LogP contribution >= 0.6 is 0 Å². The van der Waals surface area contributed by atoms with Gasteiger partial charge >= 0.3 is 15.6 Å². The Kier molecular flexibility index (Phi) is 4.70. The van der Waals surface area contributed by atoms with Crippen molar-refractivity contribution in [1.29, 1.82) is 0 Å². The number of hydrogen-bond acceptors (Lipinski definition) is 3. The Balaban J connectivity index is 1.94. The van der Waals surface area contributed by atoms with Crippen LogP contribution in [0.4, 0.5) is 13.2 Å². The van der Waals surface area contributed by atoms with Crippen molar-refractivity contribution in [3.05, 3.63) is 23.5 Å². The molecule has 0 bridgehead atoms. The second-order valence-corrected chi connectivity index (χ2v) is 7.31. The average molecular weight is 324 g/mol. The van der Waals surface area contributed by atoms with Gasteiger partial charge in [0.25, 0.3) is 0 Å². The summed E-state index contributed by atoms with van der Waals surface area (Å²) in [6.45, 7) is 2.10. The van der Waals surface area contributed by atoms with Crippen molar-refractivity contribution >= 4 is 10.1 Å². The molecule has 2 atom stereocenters. The van der Waals surface area contributed by atoms with E-state index < -0.39 is 15.6 Å². The molecule has 0 amide bonds. The molecule has 0 fully saturated rings. The fraction of sp³-hybridized carbons (Fsp3) is 0.714. The van der Waals surface area contributed by atoms with Crippen LogP contribution < -0.4 is 0 Å². The van der Waals surface area contributed by atoms with Gasteiger partial charge in [-0.1, -0.05) is 11.6 Å². The van der Waals surface area contributed by atoms with Crippen LogP contribution in [0.1, 0.15) is 45.4 Å². The molecule has 2 unspecified atom stereocenters. The maximum Gasteiger partial charge on any atom is 0.534 e. The molecular weight excluding hydrogens is 305 g/mol. The zero-order valence-corrected chi connectivity index (χ0v) is 12.6. The second-order valence-electron chi connectivity index (χ2n) is 5.77. The molecular formula is C14H19F3O3S. The van der Waals surface area contributed by atoms with Gasteiger partial charge in [-0.05, 0) is 56.9 Å². The van der Waals surface area contributed by atoms with Crippen molar-refractivity contribution in [2.45, 2.75) is 51.0 Å². The Morgan fingerprint density at radius 2 is 1.67 bits per heavy atom. The van der Waals surface area contributed by atoms with Crippen molar-refractivity contribution < 1.29 is 25.8 Å². The molecule has 0 aliphatic heterocycles. The Morgan fingerprint density at radius 1 is 1.10 bits per heavy atom. The minimum absolute atomic E-state index is 0.0777. The molecule has 0 N–H and O–H groups in total. The first-order chi connectivity index (χ1) is 9.69. The monoisotopic (exact) mass is 324 g/mol. The fourth-order valence-electron chi connectivity index (χ4n) is 2.94. The number of allylic oxidation sites excluding steroid dienone is 4. The molecule has 2 aliphatic rings. The van der Waals surface area contributed by atoms with Crippen LogP contribution in [0.3, 0.4) is 0 Å². The first-order valence-corrected chi connectivity index (χ1v) is 8.45. The maximum atomic E-state index is 12.2. The van der Waals surface area contributed by atoms with Gasteiger partial charge in [-0.15, -0.1) is 0 Å². The standard InChI is InChI=1S/C14H19F3O3S/c1-10-2-4-11(5-3-10)12-6-8-13(9-7-12)20-21(18,19)14(15,16)17/h2,8,11-12H,3-7,9H2,1H3. The third-order valence-electron chi connectivity index (χ3n) is 4.26. The van der Waals surface area contributed by atoms with Crippen LogP contribution in [0, 0.1) is 11.8 Å². The Hall–Kier alpha value is -0.980. The lowest BCUT2D eigenvalue weighted by Crippen LogP contribution is -2.26. The molecule has 0 radical (unpaired) electrons. The van der Waals surface area contributed by atoms with Gasteiger partial charge in [0.05, 0.1) is 0 Å². The predicted octanol–water partition coefficient (Wildman–Crippen LogP) is 4.28. The summed E-state index contributed by atoms with van der Waals surface area (Å²) in [5, 5.41) is 0. The molecule has 0 aromatic heterocycles. The largest absolute Gasteiger partial charge is 0.534 e. The average Bonchev–Trinajstić information content (AvgIpc) is 2.39. The maximum absolute atomic E-state index is 12.2. The number of alkyl halides is 3. The molecule has 2 aliphatic carbocycles. The zero-order valence-electron chi connectivity index (χ0n) is 11.8. The van der Waals surface area contributed by atoms with Gasteiger partial charge in [0, 0.05) is 6.42 Å². The minimum atomic E-state index is -5.52. The molecule has 0 spiro atoms. The van der Waals surface area contributed by atoms with Crippen LogP contribution in [0.2, 0.25) is 0 Å². The summed E-state index contributed by atoms with van der Waals surface area (Å²) in [4.78, 5) is 0. The zero-order chi connectivity index (χ0) is 15.7. The van der Waals surface area contributed by atoms with E-state index >= 15 is 0 Å². The van der Waals surface area contributed by atoms with E-state index in [1.165, 1.54) is 11.6 Å². The van der Waals surface area contributed by atoms with Crippen molar-refractivity contribution in [3.8, 4) is 0 Å². The third-order valence-corrected chi connectivity index (χ3v) is 5.26. The normalized spacial score (nSPS) is 27.8. The van der Waals surface area contributed by atoms with Crippen LogP contribution in [0.15, 0.2) is 23.5 Å². The molecule has 0 saturated carbocycles. The highest BCUT2D eigenvalue weighted by molar-refractivity contribution is 7.87. The quantitative estimate of drug-likeness (QED) is 0.442. The molecule has 120 valence electrons. The molecule has 3 nitrogen and oxygen atoms in total. The lowest BCUT2D eigenvalue weighted by atomic mass is 9.75. The summed E-state index contributed by atoms with van der Waals surface area (Å²) >= 11 is 0. The Morgan fingerprint density at radius 3 is 2.10 bits per heavy atom. The summed E-state index contributed by atoms with van der Waals surface area (Å²) in [7, 11) is -5.52. The third kappa shape index (κ3) is 4.02. The van der Waals surface area contributed by atoms with E-state index in [0.29, 0.717) is 24.7 Å². The fourth-order valence-corrected chi connectivity index (χ4v) is 3.46. The second kappa shape index (κ2) is 6.02. The van der Waals surface area contributed by atoms with Gasteiger partial charge in [0.15, 0.2) is 0 Å². The van der Waals surface area contributed by atoms with Gasteiger partial charge in [-0.2, -0.15) is 21.6 Å². The van der Waals surface area contributed by atoms with Crippen molar-refractivity contribution in [1.82, 2.24) is 0 Å². The topological polar surface area (TPSA) is 43.4 Å². The van der Waals surface area contributed by atoms with E-state index in [9.17, 15) is 21.6 Å². The molecule has 21 heavy (non-hydrogen) atoms. The molecule has 0 heterocycles. The van der Waals surface area contributed by atoms with Crippen LogP contribution in [0.25, 0.3) is 0 Å². The van der Waals surface area contributed by atoms with Crippen molar-refractivity contribution in [2.75, 3.05) is 0 Å². The van der Waals surface area contributed by atoms with Crippen LogP contribution in [-0.2, 0) is 14.3 Å². The van der Waals surface area contributed by atoms with Gasteiger partial charge in [0.2, 0.25) is 0 Å². The van der Waals surface area contributed by atoms with E-state index in [1.807, 2.05) is 0 Å². The van der Waals surface area contributed by atoms with E-state index in [0.717, 1.165) is 19.3 Å². The Labute approximate surface area is 123 Å². The summed E-state index contributed by atoms with van der Waals surface area (Å²) in [6, 6.07) is 0. The van der Waals surface area contributed by atoms with Gasteiger partial charge in [-0.25, -0.2) is 0 Å². The smallest absolute Gasteiger partial charge is 0.381 e. The lowest BCUT2D eigenvalue weighted by molar-refractivity contribution is -0.0524. The summed E-state index contributed by atoms with van der Waals surface area (Å²) in [6.07, 6.45) is 8.40. The first-order valence-electron chi connectivity index (χ1n) is 7.04. The van der Waals surface area contributed by atoms with Gasteiger partial charge < -0.3 is 4.18 Å². The number of hydrogen-bond donors (Lipinski definition) is 0. The van der Waals surface area contributed by atoms with E-state index in [2.05, 4.69) is 17.2 Å². The van der Waals surface area contributed by atoms with E-state index in [1.54, 1.807) is 0 Å². The Bertz CT molecular complexity index is 546. The van der Waals surface area contributed by atoms with Crippen LogP contribution in [0.5, 0.6) is 0 Å². The molecule has 7 heteroatoms.